The van der Waals surface area contributed by atoms with E-state index in [9.17, 15) is 29.4 Å². The van der Waals surface area contributed by atoms with Crippen molar-refractivity contribution in [3.8, 4) is 11.5 Å². The maximum absolute atomic E-state index is 14.1. The molecule has 0 saturated heterocycles. The maximum atomic E-state index is 14.1. The molecule has 0 atom stereocenters. The molecule has 7 rings (SSSR count). The van der Waals surface area contributed by atoms with Crippen LogP contribution in [0.2, 0.25) is 0 Å². The lowest BCUT2D eigenvalue weighted by Gasteiger charge is -2.15. The first kappa shape index (κ1) is 46.5. The quantitative estimate of drug-likeness (QED) is 0.0392. The number of benzene rings is 7. The molecule has 0 radical (unpaired) electrons. The van der Waals surface area contributed by atoms with E-state index in [1.807, 2.05) is 6.07 Å². The number of phenols is 2. The Morgan fingerprint density at radius 3 is 1.56 bits per heavy atom. The van der Waals surface area contributed by atoms with E-state index in [1.54, 1.807) is 119 Å². The van der Waals surface area contributed by atoms with Gasteiger partial charge in [0, 0.05) is 22.9 Å². The molecule has 66 heavy (non-hydrogen) atoms. The summed E-state index contributed by atoms with van der Waals surface area (Å²) in [6.07, 6.45) is -0.0915. The lowest BCUT2D eigenvalue weighted by molar-refractivity contribution is 0.0520. The van der Waals surface area contributed by atoms with Crippen molar-refractivity contribution in [2.24, 2.45) is 20.5 Å². The SMILES string of the molecule is Cc1cc(NC(=O)c2cc3ccccc3c(N=Nc3cc(C(=O)OCCCl)ccc3C)c2O)c(C)cc1CC(=O)c1cc2ccccc2c(N=Nc2cc(C(=O)OCCCl)ccc2C)c1O. The number of fused-ring (bicyclic) bond motifs is 2. The molecule has 0 aliphatic carbocycles. The first-order chi connectivity index (χ1) is 31.8. The van der Waals surface area contributed by atoms with E-state index in [0.29, 0.717) is 66.4 Å². The summed E-state index contributed by atoms with van der Waals surface area (Å²) in [5.74, 6) is -2.57. The number of hydrogen-bond donors (Lipinski definition) is 3. The van der Waals surface area contributed by atoms with Gasteiger partial charge in [0.15, 0.2) is 17.3 Å². The molecule has 0 aromatic heterocycles. The summed E-state index contributed by atoms with van der Waals surface area (Å²) in [4.78, 5) is 53.0. The Labute approximate surface area is 389 Å². The van der Waals surface area contributed by atoms with Gasteiger partial charge in [-0.15, -0.1) is 33.4 Å². The van der Waals surface area contributed by atoms with E-state index in [2.05, 4.69) is 25.8 Å². The Bertz CT molecular complexity index is 2920. The number of rotatable bonds is 15. The van der Waals surface area contributed by atoms with Crippen LogP contribution >= 0.6 is 23.2 Å². The average Bonchev–Trinajstić information content (AvgIpc) is 3.31. The molecule has 7 aromatic rings. The summed E-state index contributed by atoms with van der Waals surface area (Å²) in [6.45, 7) is 7.29. The van der Waals surface area contributed by atoms with Crippen molar-refractivity contribution in [3.05, 3.63) is 159 Å². The molecule has 0 aliphatic heterocycles. The van der Waals surface area contributed by atoms with Crippen LogP contribution in [0.15, 0.2) is 130 Å². The normalized spacial score (nSPS) is 11.4. The van der Waals surface area contributed by atoms with Crippen LogP contribution in [-0.2, 0) is 15.9 Å². The van der Waals surface area contributed by atoms with Gasteiger partial charge in [0.25, 0.3) is 5.91 Å². The smallest absolute Gasteiger partial charge is 0.338 e. The standard InChI is InChI=1S/C51H43Cl2N5O8/c1-28-13-15-34(50(63)65-19-17-52)25-42(28)55-57-45-37-11-7-5-9-32(37)23-39(47(45)60)44(59)27-36-21-31(4)41(22-30(36)3)54-49(62)40-24-33-10-6-8-12-38(33)46(48(40)61)58-56-43-26-35(16-14-29(43)2)51(64)66-20-18-53/h5-16,21-26,60-61H,17-20,27H2,1-4H3,(H,54,62). The second-order valence-electron chi connectivity index (χ2n) is 15.4. The molecule has 15 heteroatoms. The first-order valence-corrected chi connectivity index (χ1v) is 21.8. The molecule has 0 bridgehead atoms. The number of ketones is 1. The average molecular weight is 925 g/mol. The van der Waals surface area contributed by atoms with Gasteiger partial charge in [0.2, 0.25) is 0 Å². The number of nitrogens with one attached hydrogen (secondary N) is 1. The second kappa shape index (κ2) is 20.6. The van der Waals surface area contributed by atoms with Crippen LogP contribution < -0.4 is 5.32 Å². The molecule has 7 aromatic carbocycles. The minimum absolute atomic E-state index is 0.0413. The minimum atomic E-state index is -0.614. The number of esters is 2. The number of ether oxygens (including phenoxy) is 2. The van der Waals surface area contributed by atoms with E-state index >= 15 is 0 Å². The lowest BCUT2D eigenvalue weighted by Crippen LogP contribution is -2.14. The Morgan fingerprint density at radius 2 is 1.05 bits per heavy atom. The van der Waals surface area contributed by atoms with Crippen LogP contribution in [0.3, 0.4) is 0 Å². The molecule has 334 valence electrons. The second-order valence-corrected chi connectivity index (χ2v) is 16.1. The maximum Gasteiger partial charge on any atom is 0.338 e. The van der Waals surface area contributed by atoms with Crippen molar-refractivity contribution in [2.45, 2.75) is 34.1 Å². The molecule has 0 fully saturated rings. The zero-order valence-corrected chi connectivity index (χ0v) is 37.8. The third kappa shape index (κ3) is 10.2. The van der Waals surface area contributed by atoms with Crippen molar-refractivity contribution >= 4 is 96.8 Å². The minimum Gasteiger partial charge on any atom is -0.505 e. The van der Waals surface area contributed by atoms with E-state index < -0.39 is 23.6 Å². The van der Waals surface area contributed by atoms with E-state index in [4.69, 9.17) is 32.7 Å². The van der Waals surface area contributed by atoms with E-state index in [-0.39, 0.29) is 76.6 Å². The summed E-state index contributed by atoms with van der Waals surface area (Å²) in [5, 5.41) is 46.0. The monoisotopic (exact) mass is 923 g/mol. The predicted octanol–water partition coefficient (Wildman–Crippen LogP) is 12.9. The number of anilines is 1. The number of phenolic OH excluding ortho intramolecular Hbond substituents is 2. The van der Waals surface area contributed by atoms with Gasteiger partial charge in [-0.25, -0.2) is 9.59 Å². The van der Waals surface area contributed by atoms with Gasteiger partial charge in [-0.1, -0.05) is 66.7 Å². The molecule has 13 nitrogen and oxygen atoms in total. The third-order valence-corrected chi connectivity index (χ3v) is 11.2. The van der Waals surface area contributed by atoms with Gasteiger partial charge in [-0.3, -0.25) is 9.59 Å². The van der Waals surface area contributed by atoms with Crippen LogP contribution in [0, 0.1) is 27.7 Å². The fraction of sp³-hybridized carbons (Fsp3) is 0.176. The van der Waals surface area contributed by atoms with Crippen LogP contribution in [0.25, 0.3) is 21.5 Å². The number of azo groups is 2. The van der Waals surface area contributed by atoms with Gasteiger partial charge in [0.05, 0.1) is 45.4 Å². The fourth-order valence-corrected chi connectivity index (χ4v) is 7.36. The van der Waals surface area contributed by atoms with Crippen molar-refractivity contribution in [3.63, 3.8) is 0 Å². The third-order valence-electron chi connectivity index (χ3n) is 10.8. The van der Waals surface area contributed by atoms with Crippen molar-refractivity contribution in [2.75, 3.05) is 30.3 Å². The zero-order valence-electron chi connectivity index (χ0n) is 36.3. The van der Waals surface area contributed by atoms with E-state index in [1.165, 1.54) is 12.1 Å². The highest BCUT2D eigenvalue weighted by Gasteiger charge is 2.23. The number of halogens is 2. The molecule has 0 spiro atoms. The van der Waals surface area contributed by atoms with Gasteiger partial charge in [-0.05, 0) is 109 Å². The molecular formula is C51H43Cl2N5O8. The summed E-state index contributed by atoms with van der Waals surface area (Å²) < 4.78 is 10.3. The number of nitrogens with zero attached hydrogens (tertiary/aromatic N) is 4. The van der Waals surface area contributed by atoms with Crippen LogP contribution in [-0.4, -0.2) is 58.8 Å². The van der Waals surface area contributed by atoms with Gasteiger partial charge in [0.1, 0.15) is 24.6 Å². The Hall–Kier alpha value is -7.48. The topological polar surface area (TPSA) is 189 Å². The molecule has 3 N–H and O–H groups in total. The van der Waals surface area contributed by atoms with Crippen LogP contribution in [0.4, 0.5) is 28.4 Å². The van der Waals surface area contributed by atoms with Gasteiger partial charge < -0.3 is 25.0 Å². The first-order valence-electron chi connectivity index (χ1n) is 20.7. The summed E-state index contributed by atoms with van der Waals surface area (Å²) in [7, 11) is 0. The predicted molar refractivity (Wildman–Crippen MR) is 256 cm³/mol. The number of alkyl halides is 2. The summed E-state index contributed by atoms with van der Waals surface area (Å²) in [6, 6.07) is 30.7. The number of hydrogen-bond acceptors (Lipinski definition) is 12. The van der Waals surface area contributed by atoms with Crippen LogP contribution in [0.1, 0.15) is 69.2 Å². The number of aryl methyl sites for hydroxylation is 4. The number of Topliss-reactive ketones (excluding diaryl/α,β-unsaturated/α-hetero) is 1. The largest absolute Gasteiger partial charge is 0.505 e. The molecule has 1 amide bonds. The molecule has 0 aliphatic rings. The summed E-state index contributed by atoms with van der Waals surface area (Å²) >= 11 is 11.3. The fourth-order valence-electron chi connectivity index (χ4n) is 7.21. The van der Waals surface area contributed by atoms with Gasteiger partial charge in [-0.2, -0.15) is 10.2 Å². The lowest BCUT2D eigenvalue weighted by atomic mass is 9.94. The Balaban J connectivity index is 1.14. The number of aromatic hydroxyl groups is 2. The highest BCUT2D eigenvalue weighted by molar-refractivity contribution is 6.18. The Kier molecular flexibility index (Phi) is 14.5. The molecule has 0 unspecified atom stereocenters. The Morgan fingerprint density at radius 1 is 0.561 bits per heavy atom. The number of carbonyl (C=O) groups is 4. The van der Waals surface area contributed by atoms with Crippen molar-refractivity contribution in [1.29, 1.82) is 0 Å². The zero-order chi connectivity index (χ0) is 47.1. The summed E-state index contributed by atoms with van der Waals surface area (Å²) in [5.41, 5.74) is 5.22. The highest BCUT2D eigenvalue weighted by atomic mass is 35.5. The van der Waals surface area contributed by atoms with Gasteiger partial charge >= 0.3 is 11.9 Å². The number of amides is 1. The molecular weight excluding hydrogens is 881 g/mol. The van der Waals surface area contributed by atoms with Crippen molar-refractivity contribution < 1.29 is 38.9 Å². The molecule has 0 heterocycles. The highest BCUT2D eigenvalue weighted by Crippen LogP contribution is 2.42. The number of carbonyl (C=O) groups excluding carboxylic acids is 4. The molecule has 0 saturated carbocycles. The van der Waals surface area contributed by atoms with E-state index in [0.717, 1.165) is 0 Å². The van der Waals surface area contributed by atoms with Crippen molar-refractivity contribution in [1.82, 2.24) is 0 Å². The van der Waals surface area contributed by atoms with Crippen LogP contribution in [0.5, 0.6) is 11.5 Å².